The summed E-state index contributed by atoms with van der Waals surface area (Å²) >= 11 is 0. The van der Waals surface area contributed by atoms with Gasteiger partial charge in [0.25, 0.3) is 0 Å². The number of hydrogen-bond donors (Lipinski definition) is 3. The quantitative estimate of drug-likeness (QED) is 0.643. The Kier molecular flexibility index (Phi) is 6.16. The molecule has 1 fully saturated rings. The Morgan fingerprint density at radius 1 is 1.23 bits per heavy atom. The van der Waals surface area contributed by atoms with Crippen molar-refractivity contribution in [1.29, 1.82) is 0 Å². The lowest BCUT2D eigenvalue weighted by molar-refractivity contribution is -0.131. The van der Waals surface area contributed by atoms with Crippen LogP contribution in [0.3, 0.4) is 0 Å². The normalized spacial score (nSPS) is 24.0. The van der Waals surface area contributed by atoms with Gasteiger partial charge in [-0.1, -0.05) is 6.07 Å². The van der Waals surface area contributed by atoms with Gasteiger partial charge in [0.15, 0.2) is 0 Å². The van der Waals surface area contributed by atoms with Crippen molar-refractivity contribution in [1.82, 2.24) is 16.0 Å². The molecular formula is C20H22F5N3O2. The molecule has 5 nitrogen and oxygen atoms in total. The van der Waals surface area contributed by atoms with Crippen molar-refractivity contribution < 1.29 is 31.5 Å². The summed E-state index contributed by atoms with van der Waals surface area (Å²) in [6.45, 7) is 3.15. The van der Waals surface area contributed by atoms with Crippen molar-refractivity contribution in [2.45, 2.75) is 38.5 Å². The fourth-order valence-electron chi connectivity index (χ4n) is 4.10. The number of amides is 2. The van der Waals surface area contributed by atoms with Crippen LogP contribution in [0.15, 0.2) is 29.3 Å². The molecule has 0 spiro atoms. The third-order valence-electron chi connectivity index (χ3n) is 5.62. The highest BCUT2D eigenvalue weighted by Gasteiger charge is 2.50. The Balaban J connectivity index is 1.90. The van der Waals surface area contributed by atoms with Gasteiger partial charge < -0.3 is 16.0 Å². The van der Waals surface area contributed by atoms with Crippen molar-refractivity contribution in [3.05, 3.63) is 46.5 Å². The molecule has 164 valence electrons. The zero-order valence-corrected chi connectivity index (χ0v) is 16.4. The lowest BCUT2D eigenvalue weighted by Crippen LogP contribution is -2.57. The van der Waals surface area contributed by atoms with Gasteiger partial charge in [-0.25, -0.2) is 8.78 Å². The summed E-state index contributed by atoms with van der Waals surface area (Å²) in [5, 5.41) is 7.90. The van der Waals surface area contributed by atoms with Crippen LogP contribution in [0.2, 0.25) is 0 Å². The summed E-state index contributed by atoms with van der Waals surface area (Å²) in [6.07, 6.45) is -4.43. The number of benzene rings is 1. The molecule has 3 N–H and O–H groups in total. The van der Waals surface area contributed by atoms with Crippen LogP contribution < -0.4 is 16.0 Å². The molecule has 2 amide bonds. The lowest BCUT2D eigenvalue weighted by Gasteiger charge is -2.40. The van der Waals surface area contributed by atoms with Crippen LogP contribution >= 0.6 is 0 Å². The van der Waals surface area contributed by atoms with Crippen molar-refractivity contribution in [3.8, 4) is 0 Å². The van der Waals surface area contributed by atoms with E-state index in [1.807, 2.05) is 0 Å². The number of carbonyl (C=O) groups excluding carboxylic acids is 2. The number of nitrogens with one attached hydrogen (secondary N) is 3. The standard InChI is InChI=1S/C20H22F5N3O2/c1-9(18(29)27-10(2)12-4-3-11(21)7-14(12)22)16-17(20(23,24)25)13-8-26-6-5-15(13)28-19(16)30/h3-4,7,9-10,13,15,26H,5-6,8H2,1-2H3,(H,27,29)(H,28,30)/t9-,10+,13?,15?/m1/s1. The van der Waals surface area contributed by atoms with E-state index in [1.165, 1.54) is 13.8 Å². The Bertz CT molecular complexity index is 884. The molecule has 0 radical (unpaired) electrons. The van der Waals surface area contributed by atoms with Crippen LogP contribution in [0.25, 0.3) is 0 Å². The zero-order chi connectivity index (χ0) is 22.2. The third-order valence-corrected chi connectivity index (χ3v) is 5.62. The molecule has 0 aliphatic carbocycles. The first-order chi connectivity index (χ1) is 14.0. The van der Waals surface area contributed by atoms with E-state index in [9.17, 15) is 31.5 Å². The molecule has 10 heteroatoms. The monoisotopic (exact) mass is 431 g/mol. The maximum absolute atomic E-state index is 14.0. The minimum Gasteiger partial charge on any atom is -0.349 e. The smallest absolute Gasteiger partial charge is 0.349 e. The van der Waals surface area contributed by atoms with E-state index in [1.54, 1.807) is 0 Å². The average molecular weight is 431 g/mol. The SMILES string of the molecule is C[C@@H](C(=O)N[C@@H](C)c1ccc(F)cc1F)C1=C(C(F)(F)F)C2CNCCC2NC1=O. The minimum atomic E-state index is -4.78. The molecule has 30 heavy (non-hydrogen) atoms. The Morgan fingerprint density at radius 3 is 2.57 bits per heavy atom. The second-order valence-corrected chi connectivity index (χ2v) is 7.62. The zero-order valence-electron chi connectivity index (χ0n) is 16.4. The highest BCUT2D eigenvalue weighted by atomic mass is 19.4. The molecule has 0 saturated carbocycles. The molecule has 1 saturated heterocycles. The maximum Gasteiger partial charge on any atom is 0.413 e. The van der Waals surface area contributed by atoms with E-state index in [0.29, 0.717) is 19.0 Å². The average Bonchev–Trinajstić information content (AvgIpc) is 2.65. The molecule has 0 bridgehead atoms. The number of fused-ring (bicyclic) bond motifs is 1. The molecule has 0 aromatic heterocycles. The number of alkyl halides is 3. The van der Waals surface area contributed by atoms with Gasteiger partial charge in [0.05, 0.1) is 12.0 Å². The minimum absolute atomic E-state index is 0.0217. The summed E-state index contributed by atoms with van der Waals surface area (Å²) in [6, 6.07) is 1.22. The number of piperidine rings is 1. The van der Waals surface area contributed by atoms with Gasteiger partial charge in [-0.2, -0.15) is 13.2 Å². The van der Waals surface area contributed by atoms with Gasteiger partial charge in [-0.3, -0.25) is 9.59 Å². The van der Waals surface area contributed by atoms with Crippen molar-refractivity contribution >= 4 is 11.8 Å². The fourth-order valence-corrected chi connectivity index (χ4v) is 4.10. The van der Waals surface area contributed by atoms with Crippen LogP contribution in [0.1, 0.15) is 31.9 Å². The summed E-state index contributed by atoms with van der Waals surface area (Å²) in [5.41, 5.74) is -1.64. The van der Waals surface area contributed by atoms with E-state index in [2.05, 4.69) is 16.0 Å². The first-order valence-corrected chi connectivity index (χ1v) is 9.58. The van der Waals surface area contributed by atoms with E-state index in [0.717, 1.165) is 12.1 Å². The number of rotatable bonds is 4. The Morgan fingerprint density at radius 2 is 1.93 bits per heavy atom. The molecule has 3 rings (SSSR count). The second-order valence-electron chi connectivity index (χ2n) is 7.62. The van der Waals surface area contributed by atoms with Crippen LogP contribution in [-0.4, -0.2) is 37.1 Å². The van der Waals surface area contributed by atoms with Crippen LogP contribution in [-0.2, 0) is 9.59 Å². The van der Waals surface area contributed by atoms with Gasteiger partial charge in [0, 0.05) is 41.3 Å². The van der Waals surface area contributed by atoms with Gasteiger partial charge >= 0.3 is 6.18 Å². The van der Waals surface area contributed by atoms with E-state index >= 15 is 0 Å². The van der Waals surface area contributed by atoms with Crippen molar-refractivity contribution in [2.75, 3.05) is 13.1 Å². The van der Waals surface area contributed by atoms with Crippen LogP contribution in [0.5, 0.6) is 0 Å². The number of hydrogen-bond acceptors (Lipinski definition) is 3. The first kappa shape index (κ1) is 22.2. The van der Waals surface area contributed by atoms with Gasteiger partial charge in [-0.05, 0) is 32.9 Å². The number of halogens is 5. The molecule has 2 aliphatic rings. The van der Waals surface area contributed by atoms with E-state index < -0.39 is 64.7 Å². The highest BCUT2D eigenvalue weighted by molar-refractivity contribution is 6.02. The Hall–Kier alpha value is -2.49. The summed E-state index contributed by atoms with van der Waals surface area (Å²) in [5.74, 6) is -5.88. The largest absolute Gasteiger partial charge is 0.413 e. The Labute approximate surface area is 170 Å². The highest BCUT2D eigenvalue weighted by Crippen LogP contribution is 2.41. The summed E-state index contributed by atoms with van der Waals surface area (Å²) in [4.78, 5) is 25.2. The molecule has 2 heterocycles. The molecule has 1 aromatic carbocycles. The predicted octanol–water partition coefficient (Wildman–Crippen LogP) is 2.74. The first-order valence-electron chi connectivity index (χ1n) is 9.58. The lowest BCUT2D eigenvalue weighted by atomic mass is 9.77. The molecule has 4 atom stereocenters. The fraction of sp³-hybridized carbons (Fsp3) is 0.500. The molecule has 2 aliphatic heterocycles. The molecule has 2 unspecified atom stereocenters. The predicted molar refractivity (Wildman–Crippen MR) is 98.1 cm³/mol. The second kappa shape index (κ2) is 8.33. The van der Waals surface area contributed by atoms with Gasteiger partial charge in [-0.15, -0.1) is 0 Å². The maximum atomic E-state index is 14.0. The van der Waals surface area contributed by atoms with Crippen LogP contribution in [0, 0.1) is 23.5 Å². The summed E-state index contributed by atoms with van der Waals surface area (Å²) in [7, 11) is 0. The third kappa shape index (κ3) is 4.33. The van der Waals surface area contributed by atoms with Gasteiger partial charge in [0.1, 0.15) is 11.6 Å². The number of carbonyl (C=O) groups is 2. The van der Waals surface area contributed by atoms with Crippen molar-refractivity contribution in [2.24, 2.45) is 11.8 Å². The van der Waals surface area contributed by atoms with Crippen LogP contribution in [0.4, 0.5) is 22.0 Å². The molecule has 1 aromatic rings. The topological polar surface area (TPSA) is 70.2 Å². The molecular weight excluding hydrogens is 409 g/mol. The summed E-state index contributed by atoms with van der Waals surface area (Å²) < 4.78 is 68.7. The van der Waals surface area contributed by atoms with E-state index in [4.69, 9.17) is 0 Å². The van der Waals surface area contributed by atoms with Gasteiger partial charge in [0.2, 0.25) is 11.8 Å². The van der Waals surface area contributed by atoms with Crippen molar-refractivity contribution in [3.63, 3.8) is 0 Å². The van der Waals surface area contributed by atoms with E-state index in [-0.39, 0.29) is 12.1 Å².